The summed E-state index contributed by atoms with van der Waals surface area (Å²) in [7, 11) is 0. The average molecular weight is 299 g/mol. The molecular formula is C17H15ClN2O. The lowest BCUT2D eigenvalue weighted by Crippen LogP contribution is -1.91. The van der Waals surface area contributed by atoms with Gasteiger partial charge < -0.3 is 10.3 Å². The molecule has 1 heterocycles. The predicted molar refractivity (Wildman–Crippen MR) is 86.3 cm³/mol. The number of nitrogen functional groups attached to an aromatic ring is 1. The number of halogens is 1. The fourth-order valence-corrected chi connectivity index (χ4v) is 2.67. The van der Waals surface area contributed by atoms with Crippen molar-refractivity contribution >= 4 is 17.4 Å². The summed E-state index contributed by atoms with van der Waals surface area (Å²) in [4.78, 5) is 0. The van der Waals surface area contributed by atoms with Gasteiger partial charge in [0, 0.05) is 10.6 Å². The van der Waals surface area contributed by atoms with Gasteiger partial charge in [-0.25, -0.2) is 0 Å². The van der Waals surface area contributed by atoms with Gasteiger partial charge in [0.15, 0.2) is 11.6 Å². The maximum atomic E-state index is 6.01. The Balaban J connectivity index is 2.24. The lowest BCUT2D eigenvalue weighted by Gasteiger charge is -2.09. The molecule has 0 aliphatic carbocycles. The highest BCUT2D eigenvalue weighted by Crippen LogP contribution is 2.39. The van der Waals surface area contributed by atoms with E-state index in [0.29, 0.717) is 16.6 Å². The van der Waals surface area contributed by atoms with Crippen LogP contribution in [0.1, 0.15) is 11.1 Å². The van der Waals surface area contributed by atoms with E-state index in [9.17, 15) is 0 Å². The van der Waals surface area contributed by atoms with E-state index in [1.165, 1.54) is 0 Å². The van der Waals surface area contributed by atoms with E-state index in [2.05, 4.69) is 5.16 Å². The van der Waals surface area contributed by atoms with Crippen molar-refractivity contribution in [3.63, 3.8) is 0 Å². The monoisotopic (exact) mass is 298 g/mol. The molecular weight excluding hydrogens is 284 g/mol. The van der Waals surface area contributed by atoms with E-state index in [0.717, 1.165) is 27.8 Å². The van der Waals surface area contributed by atoms with Crippen molar-refractivity contribution < 1.29 is 4.52 Å². The number of rotatable bonds is 2. The van der Waals surface area contributed by atoms with E-state index < -0.39 is 0 Å². The van der Waals surface area contributed by atoms with Gasteiger partial charge in [-0.15, -0.1) is 0 Å². The highest BCUT2D eigenvalue weighted by molar-refractivity contribution is 6.30. The van der Waals surface area contributed by atoms with Gasteiger partial charge in [-0.1, -0.05) is 47.1 Å². The lowest BCUT2D eigenvalue weighted by atomic mass is 9.95. The first-order chi connectivity index (χ1) is 10.1. The third kappa shape index (κ3) is 2.41. The van der Waals surface area contributed by atoms with Crippen LogP contribution in [0, 0.1) is 13.8 Å². The van der Waals surface area contributed by atoms with E-state index >= 15 is 0 Å². The number of anilines is 1. The normalized spacial score (nSPS) is 10.8. The molecule has 0 aliphatic heterocycles. The topological polar surface area (TPSA) is 52.0 Å². The molecule has 0 aliphatic rings. The fraction of sp³-hybridized carbons (Fsp3) is 0.118. The first-order valence-electron chi connectivity index (χ1n) is 6.65. The molecule has 0 radical (unpaired) electrons. The van der Waals surface area contributed by atoms with Crippen LogP contribution in [0.25, 0.3) is 22.5 Å². The molecule has 2 aromatic carbocycles. The van der Waals surface area contributed by atoms with Crippen LogP contribution in [0.2, 0.25) is 5.02 Å². The summed E-state index contributed by atoms with van der Waals surface area (Å²) in [6.45, 7) is 4.10. The molecule has 3 nitrogen and oxygen atoms in total. The molecule has 4 heteroatoms. The fourth-order valence-electron chi connectivity index (χ4n) is 2.54. The molecule has 1 aromatic heterocycles. The van der Waals surface area contributed by atoms with Gasteiger partial charge in [0.05, 0.1) is 5.56 Å². The molecule has 0 unspecified atom stereocenters. The van der Waals surface area contributed by atoms with Gasteiger partial charge in [-0.05, 0) is 42.7 Å². The molecule has 0 saturated heterocycles. The Morgan fingerprint density at radius 2 is 1.57 bits per heavy atom. The molecule has 0 fully saturated rings. The Kier molecular flexibility index (Phi) is 3.43. The van der Waals surface area contributed by atoms with Crippen LogP contribution in [0.15, 0.2) is 47.0 Å². The third-order valence-electron chi connectivity index (χ3n) is 3.56. The zero-order chi connectivity index (χ0) is 15.0. The number of nitrogens with zero attached hydrogens (tertiary/aromatic N) is 1. The minimum Gasteiger partial charge on any atom is -0.380 e. The van der Waals surface area contributed by atoms with Gasteiger partial charge >= 0.3 is 0 Å². The van der Waals surface area contributed by atoms with Crippen molar-refractivity contribution in [2.75, 3.05) is 5.73 Å². The second kappa shape index (κ2) is 5.26. The largest absolute Gasteiger partial charge is 0.380 e. The molecule has 0 atom stereocenters. The standard InChI is InChI=1S/C17H15ClN2O/c1-10-4-3-5-11(2)14(10)16-15(17(19)20-21-16)12-6-8-13(18)9-7-12/h3-9H,1-2H3,(H2,19,20). The van der Waals surface area contributed by atoms with Crippen molar-refractivity contribution in [2.24, 2.45) is 0 Å². The summed E-state index contributed by atoms with van der Waals surface area (Å²) in [6.07, 6.45) is 0. The van der Waals surface area contributed by atoms with Crippen LogP contribution in [-0.4, -0.2) is 5.16 Å². The Morgan fingerprint density at radius 3 is 2.19 bits per heavy atom. The van der Waals surface area contributed by atoms with E-state index in [1.807, 2.05) is 56.3 Å². The molecule has 0 spiro atoms. The number of benzene rings is 2. The average Bonchev–Trinajstić information content (AvgIpc) is 2.82. The van der Waals surface area contributed by atoms with Crippen molar-refractivity contribution in [2.45, 2.75) is 13.8 Å². The molecule has 2 N–H and O–H groups in total. The summed E-state index contributed by atoms with van der Waals surface area (Å²) in [5.41, 5.74) is 11.0. The molecule has 0 saturated carbocycles. The molecule has 0 amide bonds. The smallest absolute Gasteiger partial charge is 0.177 e. The molecule has 21 heavy (non-hydrogen) atoms. The van der Waals surface area contributed by atoms with Crippen LogP contribution in [0.5, 0.6) is 0 Å². The van der Waals surface area contributed by atoms with Crippen LogP contribution >= 0.6 is 11.6 Å². The highest BCUT2D eigenvalue weighted by Gasteiger charge is 2.20. The minimum absolute atomic E-state index is 0.384. The molecule has 3 aromatic rings. The highest BCUT2D eigenvalue weighted by atomic mass is 35.5. The number of aryl methyl sites for hydroxylation is 2. The zero-order valence-corrected chi connectivity index (χ0v) is 12.6. The Hall–Kier alpha value is -2.26. The van der Waals surface area contributed by atoms with Crippen molar-refractivity contribution in [1.82, 2.24) is 5.16 Å². The summed E-state index contributed by atoms with van der Waals surface area (Å²) in [6, 6.07) is 13.6. The van der Waals surface area contributed by atoms with E-state index in [-0.39, 0.29) is 0 Å². The van der Waals surface area contributed by atoms with Crippen molar-refractivity contribution in [3.05, 3.63) is 58.6 Å². The third-order valence-corrected chi connectivity index (χ3v) is 3.81. The second-order valence-electron chi connectivity index (χ2n) is 5.05. The number of aromatic nitrogens is 1. The van der Waals surface area contributed by atoms with Crippen LogP contribution < -0.4 is 5.73 Å². The van der Waals surface area contributed by atoms with Crippen LogP contribution in [0.3, 0.4) is 0 Å². The lowest BCUT2D eigenvalue weighted by molar-refractivity contribution is 0.435. The van der Waals surface area contributed by atoms with Gasteiger partial charge in [-0.3, -0.25) is 0 Å². The van der Waals surface area contributed by atoms with Gasteiger partial charge in [0.2, 0.25) is 0 Å². The van der Waals surface area contributed by atoms with Gasteiger partial charge in [0.25, 0.3) is 0 Å². The van der Waals surface area contributed by atoms with Gasteiger partial charge in [-0.2, -0.15) is 0 Å². The summed E-state index contributed by atoms with van der Waals surface area (Å²) in [5.74, 6) is 1.08. The maximum absolute atomic E-state index is 6.01. The maximum Gasteiger partial charge on any atom is 0.177 e. The van der Waals surface area contributed by atoms with Crippen LogP contribution in [0.4, 0.5) is 5.82 Å². The number of hydrogen-bond donors (Lipinski definition) is 1. The summed E-state index contributed by atoms with van der Waals surface area (Å²) >= 11 is 5.95. The number of nitrogens with two attached hydrogens (primary N) is 1. The molecule has 3 rings (SSSR count). The zero-order valence-electron chi connectivity index (χ0n) is 11.9. The SMILES string of the molecule is Cc1cccc(C)c1-c1onc(N)c1-c1ccc(Cl)cc1. The second-order valence-corrected chi connectivity index (χ2v) is 5.48. The number of hydrogen-bond acceptors (Lipinski definition) is 3. The quantitative estimate of drug-likeness (QED) is 0.735. The van der Waals surface area contributed by atoms with E-state index in [1.54, 1.807) is 0 Å². The molecule has 0 bridgehead atoms. The van der Waals surface area contributed by atoms with Crippen molar-refractivity contribution in [3.8, 4) is 22.5 Å². The first-order valence-corrected chi connectivity index (χ1v) is 7.03. The van der Waals surface area contributed by atoms with Crippen LogP contribution in [-0.2, 0) is 0 Å². The van der Waals surface area contributed by atoms with E-state index in [4.69, 9.17) is 21.9 Å². The molecule has 106 valence electrons. The van der Waals surface area contributed by atoms with Gasteiger partial charge in [0.1, 0.15) is 0 Å². The first kappa shape index (κ1) is 13.7. The summed E-state index contributed by atoms with van der Waals surface area (Å²) in [5, 5.41) is 4.63. The summed E-state index contributed by atoms with van der Waals surface area (Å²) < 4.78 is 5.52. The Bertz CT molecular complexity index is 771. The minimum atomic E-state index is 0.384. The van der Waals surface area contributed by atoms with Crippen molar-refractivity contribution in [1.29, 1.82) is 0 Å². The Morgan fingerprint density at radius 1 is 0.952 bits per heavy atom. The predicted octanol–water partition coefficient (Wildman–Crippen LogP) is 4.86. The Labute approximate surface area is 128 Å².